The van der Waals surface area contributed by atoms with Crippen LogP contribution in [-0.2, 0) is 27.3 Å². The summed E-state index contributed by atoms with van der Waals surface area (Å²) < 4.78 is 22.9. The van der Waals surface area contributed by atoms with Crippen LogP contribution in [0.25, 0.3) is 0 Å². The van der Waals surface area contributed by atoms with Crippen molar-refractivity contribution in [1.82, 2.24) is 0 Å². The molecule has 0 saturated heterocycles. The zero-order valence-corrected chi connectivity index (χ0v) is 23.9. The topological polar surface area (TPSA) is 71.1 Å². The van der Waals surface area contributed by atoms with Crippen molar-refractivity contribution in [2.45, 2.75) is 74.6 Å². The molecule has 0 fully saturated rings. The van der Waals surface area contributed by atoms with Crippen molar-refractivity contribution in [2.24, 2.45) is 0 Å². The van der Waals surface area contributed by atoms with Gasteiger partial charge in [0.25, 0.3) is 0 Å². The van der Waals surface area contributed by atoms with Gasteiger partial charge in [0.05, 0.1) is 13.2 Å². The zero-order chi connectivity index (χ0) is 21.1. The van der Waals surface area contributed by atoms with Crippen molar-refractivity contribution in [3.63, 3.8) is 0 Å². The molecule has 2 atom stereocenters. The Morgan fingerprint density at radius 1 is 0.926 bits per heavy atom. The van der Waals surface area contributed by atoms with Crippen LogP contribution in [0.5, 0.6) is 0 Å². The molecule has 0 aromatic rings. The summed E-state index contributed by atoms with van der Waals surface area (Å²) in [5.41, 5.74) is 0. The van der Waals surface area contributed by atoms with Crippen molar-refractivity contribution in [3.05, 3.63) is 0 Å². The summed E-state index contributed by atoms with van der Waals surface area (Å²) in [4.78, 5) is 22.2. The second-order valence-electron chi connectivity index (χ2n) is 7.49. The van der Waals surface area contributed by atoms with E-state index in [1.807, 2.05) is 0 Å². The van der Waals surface area contributed by atoms with Crippen molar-refractivity contribution in [1.29, 1.82) is 0 Å². The van der Waals surface area contributed by atoms with Crippen LogP contribution in [0.15, 0.2) is 0 Å². The normalized spacial score (nSPS) is 15.0. The van der Waals surface area contributed by atoms with Crippen LogP contribution in [0.2, 0.25) is 38.3 Å². The van der Waals surface area contributed by atoms with Crippen LogP contribution in [0.3, 0.4) is 0 Å². The van der Waals surface area contributed by atoms with Crippen LogP contribution >= 0.6 is 31.9 Å². The number of hydrogen-bond donors (Lipinski definition) is 0. The van der Waals surface area contributed by atoms with E-state index in [-0.39, 0.29) is 21.6 Å². The lowest BCUT2D eigenvalue weighted by Crippen LogP contribution is -2.47. The molecular formula is C16H34Br2O6Si3. The summed E-state index contributed by atoms with van der Waals surface area (Å²) >= 11 is 6.39. The third-order valence-electron chi connectivity index (χ3n) is 3.57. The van der Waals surface area contributed by atoms with Gasteiger partial charge in [0.15, 0.2) is 8.32 Å². The average Bonchev–Trinajstić information content (AvgIpc) is 2.52. The fourth-order valence-corrected chi connectivity index (χ4v) is 13.1. The van der Waals surface area contributed by atoms with Gasteiger partial charge in [-0.1, -0.05) is 31.9 Å². The molecule has 0 rings (SSSR count). The molecule has 0 aromatic heterocycles. The van der Waals surface area contributed by atoms with E-state index in [4.69, 9.17) is 17.7 Å². The molecule has 27 heavy (non-hydrogen) atoms. The molecule has 6 nitrogen and oxygen atoms in total. The van der Waals surface area contributed by atoms with E-state index in [0.717, 1.165) is 24.9 Å². The first kappa shape index (κ1) is 27.5. The largest absolute Gasteiger partial charge is 0.465 e. The Balaban J connectivity index is 3.99. The summed E-state index contributed by atoms with van der Waals surface area (Å²) in [6.45, 7) is 12.9. The molecule has 0 heterocycles. The molecule has 0 aliphatic rings. The van der Waals surface area contributed by atoms with Gasteiger partial charge in [0.1, 0.15) is 19.4 Å². The number of hydrogen-bond acceptors (Lipinski definition) is 6. The smallest absolute Gasteiger partial charge is 0.319 e. The van der Waals surface area contributed by atoms with E-state index < -0.39 is 26.6 Å². The first-order valence-electron chi connectivity index (χ1n) is 9.32. The lowest BCUT2D eigenvalue weighted by atomic mass is 10.5. The third kappa shape index (κ3) is 15.0. The summed E-state index contributed by atoms with van der Waals surface area (Å²) in [6, 6.07) is 1.89. The number of halogens is 2. The number of ether oxygens (including phenoxy) is 2. The number of alkyl halides is 2. The van der Waals surface area contributed by atoms with E-state index in [9.17, 15) is 9.59 Å². The molecule has 11 heteroatoms. The number of carbonyl (C=O) groups is 2. The van der Waals surface area contributed by atoms with Crippen LogP contribution < -0.4 is 0 Å². The Labute approximate surface area is 185 Å². The Kier molecular flexibility index (Phi) is 13.9. The highest BCUT2D eigenvalue weighted by molar-refractivity contribution is 9.10. The lowest BCUT2D eigenvalue weighted by Gasteiger charge is -2.33. The van der Waals surface area contributed by atoms with Gasteiger partial charge in [-0.25, -0.2) is 0 Å². The molecule has 0 aliphatic heterocycles. The predicted molar refractivity (Wildman–Crippen MR) is 123 cm³/mol. The van der Waals surface area contributed by atoms with E-state index in [1.165, 1.54) is 0 Å². The summed E-state index contributed by atoms with van der Waals surface area (Å²) in [7, 11) is -4.69. The first-order chi connectivity index (χ1) is 12.4. The highest BCUT2D eigenvalue weighted by Gasteiger charge is 2.34. The summed E-state index contributed by atoms with van der Waals surface area (Å²) in [6.07, 6.45) is 1.64. The maximum Gasteiger partial charge on any atom is 0.319 e. The first-order valence-corrected chi connectivity index (χ1v) is 18.7. The second kappa shape index (κ2) is 13.6. The Bertz CT molecular complexity index is 461. The predicted octanol–water partition coefficient (Wildman–Crippen LogP) is 3.86. The van der Waals surface area contributed by atoms with Crippen LogP contribution in [-0.4, -0.2) is 61.4 Å². The zero-order valence-electron chi connectivity index (χ0n) is 17.3. The minimum Gasteiger partial charge on any atom is -0.465 e. The second-order valence-corrected chi connectivity index (χ2v) is 20.1. The van der Waals surface area contributed by atoms with Gasteiger partial charge in [-0.15, -0.1) is 0 Å². The Morgan fingerprint density at radius 2 is 1.41 bits per heavy atom. The molecule has 0 N–H and O–H groups in total. The molecular weight excluding hydrogens is 532 g/mol. The quantitative estimate of drug-likeness (QED) is 0.138. The van der Waals surface area contributed by atoms with Gasteiger partial charge >= 0.3 is 20.5 Å². The van der Waals surface area contributed by atoms with E-state index in [1.54, 1.807) is 13.8 Å². The average molecular weight is 567 g/mol. The fourth-order valence-electron chi connectivity index (χ4n) is 2.34. The molecule has 0 radical (unpaired) electrons. The highest BCUT2D eigenvalue weighted by atomic mass is 79.9. The number of esters is 2. The van der Waals surface area contributed by atoms with Crippen molar-refractivity contribution in [3.8, 4) is 0 Å². The van der Waals surface area contributed by atoms with Crippen molar-refractivity contribution < 1.29 is 27.3 Å². The maximum atomic E-state index is 11.4. The molecule has 2 unspecified atom stereocenters. The van der Waals surface area contributed by atoms with Crippen LogP contribution in [0, 0.1) is 0 Å². The molecule has 160 valence electrons. The van der Waals surface area contributed by atoms with Gasteiger partial charge in [-0.2, -0.15) is 0 Å². The van der Waals surface area contributed by atoms with Gasteiger partial charge in [-0.3, -0.25) is 9.59 Å². The SMILES string of the molecule is CC(Br)C(=O)OCCC[SiH2]O[Si](C)(C)O[Si](C)(C)CCCOC(=O)C(C)Br. The molecule has 0 amide bonds. The van der Waals surface area contributed by atoms with Crippen molar-refractivity contribution in [2.75, 3.05) is 13.2 Å². The third-order valence-corrected chi connectivity index (χ3v) is 14.4. The lowest BCUT2D eigenvalue weighted by molar-refractivity contribution is -0.143. The van der Waals surface area contributed by atoms with Crippen molar-refractivity contribution >= 4 is 70.4 Å². The van der Waals surface area contributed by atoms with Gasteiger partial charge in [0.2, 0.25) is 0 Å². The molecule has 0 saturated carbocycles. The summed E-state index contributed by atoms with van der Waals surface area (Å²) in [5.74, 6) is -0.449. The van der Waals surface area contributed by atoms with Gasteiger partial charge in [-0.05, 0) is 65.0 Å². The molecule has 0 aromatic carbocycles. The number of carbonyl (C=O) groups excluding carboxylic acids is 2. The summed E-state index contributed by atoms with van der Waals surface area (Å²) in [5, 5.41) is 0. The molecule has 0 aliphatic carbocycles. The van der Waals surface area contributed by atoms with E-state index >= 15 is 0 Å². The maximum absolute atomic E-state index is 11.4. The standard InChI is InChI=1S/C16H34Br2O6Si3/c1-13(17)15(19)21-9-7-11-25-23-27(5,6)24-26(3,4)12-8-10-22-16(20)14(2)18/h13-14H,7-12,25H2,1-6H3. The van der Waals surface area contributed by atoms with Gasteiger partial charge in [0, 0.05) is 0 Å². The minimum absolute atomic E-state index is 0.223. The Morgan fingerprint density at radius 3 is 1.89 bits per heavy atom. The minimum atomic E-state index is -2.15. The molecule has 0 spiro atoms. The fraction of sp³-hybridized carbons (Fsp3) is 0.875. The van der Waals surface area contributed by atoms with Gasteiger partial charge < -0.3 is 17.7 Å². The highest BCUT2D eigenvalue weighted by Crippen LogP contribution is 2.21. The van der Waals surface area contributed by atoms with Crippen LogP contribution in [0.4, 0.5) is 0 Å². The number of rotatable bonds is 14. The van der Waals surface area contributed by atoms with E-state index in [2.05, 4.69) is 58.0 Å². The van der Waals surface area contributed by atoms with Crippen LogP contribution in [0.1, 0.15) is 26.7 Å². The monoisotopic (exact) mass is 564 g/mol. The molecule has 0 bridgehead atoms. The Hall–Kier alpha value is 0.471. The van der Waals surface area contributed by atoms with E-state index in [0.29, 0.717) is 13.2 Å².